The van der Waals surface area contributed by atoms with Crippen LogP contribution in [0.1, 0.15) is 12.8 Å². The lowest BCUT2D eigenvalue weighted by atomic mass is 10.1. The summed E-state index contributed by atoms with van der Waals surface area (Å²) in [6.07, 6.45) is 1.87. The van der Waals surface area contributed by atoms with Crippen molar-refractivity contribution in [3.8, 4) is 0 Å². The molecule has 0 saturated carbocycles. The molecule has 0 aliphatic carbocycles. The minimum Gasteiger partial charge on any atom is -0.469 e. The standard InChI is InChI=1S/C14H14N2O3/c1-19-14(18)8-7-13(17)16-12-6-2-5-11-10(12)4-3-9-15-11/h2-6,9H,7-8H2,1H3,(H,16,17). The molecule has 1 aromatic heterocycles. The number of esters is 1. The van der Waals surface area contributed by atoms with E-state index >= 15 is 0 Å². The first kappa shape index (κ1) is 13.0. The molecule has 1 heterocycles. The summed E-state index contributed by atoms with van der Waals surface area (Å²) in [5, 5.41) is 3.65. The molecule has 0 radical (unpaired) electrons. The Morgan fingerprint density at radius 1 is 1.21 bits per heavy atom. The van der Waals surface area contributed by atoms with E-state index in [1.54, 1.807) is 12.3 Å². The molecule has 19 heavy (non-hydrogen) atoms. The molecular weight excluding hydrogens is 244 g/mol. The van der Waals surface area contributed by atoms with Crippen LogP contribution < -0.4 is 5.32 Å². The third kappa shape index (κ3) is 3.28. The van der Waals surface area contributed by atoms with Crippen LogP contribution in [0.2, 0.25) is 0 Å². The first-order valence-corrected chi connectivity index (χ1v) is 5.91. The average molecular weight is 258 g/mol. The first-order valence-electron chi connectivity index (χ1n) is 5.91. The van der Waals surface area contributed by atoms with Gasteiger partial charge in [0.15, 0.2) is 0 Å². The number of ether oxygens (including phenoxy) is 1. The minimum absolute atomic E-state index is 0.0748. The Morgan fingerprint density at radius 2 is 2.05 bits per heavy atom. The lowest BCUT2D eigenvalue weighted by molar-refractivity contribution is -0.141. The Hall–Kier alpha value is -2.43. The summed E-state index contributed by atoms with van der Waals surface area (Å²) >= 11 is 0. The van der Waals surface area contributed by atoms with E-state index in [0.717, 1.165) is 10.9 Å². The van der Waals surface area contributed by atoms with E-state index in [4.69, 9.17) is 0 Å². The number of benzene rings is 1. The van der Waals surface area contributed by atoms with Crippen LogP contribution in [0.5, 0.6) is 0 Å². The molecule has 0 aliphatic rings. The fourth-order valence-electron chi connectivity index (χ4n) is 1.74. The lowest BCUT2D eigenvalue weighted by Crippen LogP contribution is -2.14. The fraction of sp³-hybridized carbons (Fsp3) is 0.214. The SMILES string of the molecule is COC(=O)CCC(=O)Nc1cccc2ncccc12. The highest BCUT2D eigenvalue weighted by Crippen LogP contribution is 2.21. The van der Waals surface area contributed by atoms with Crippen LogP contribution in [0.4, 0.5) is 5.69 Å². The Balaban J connectivity index is 2.09. The molecule has 1 aromatic carbocycles. The average Bonchev–Trinajstić information content (AvgIpc) is 2.45. The monoisotopic (exact) mass is 258 g/mol. The zero-order valence-corrected chi connectivity index (χ0v) is 10.6. The van der Waals surface area contributed by atoms with Gasteiger partial charge in [-0.3, -0.25) is 14.6 Å². The Labute approximate surface area is 110 Å². The highest BCUT2D eigenvalue weighted by molar-refractivity contribution is 6.01. The second-order valence-electron chi connectivity index (χ2n) is 4.00. The maximum absolute atomic E-state index is 11.7. The number of hydrogen-bond acceptors (Lipinski definition) is 4. The normalized spacial score (nSPS) is 10.2. The second-order valence-corrected chi connectivity index (χ2v) is 4.00. The summed E-state index contributed by atoms with van der Waals surface area (Å²) in [6.45, 7) is 0. The van der Waals surface area contributed by atoms with Gasteiger partial charge in [-0.2, -0.15) is 0 Å². The van der Waals surface area contributed by atoms with Crippen molar-refractivity contribution in [1.29, 1.82) is 0 Å². The van der Waals surface area contributed by atoms with E-state index in [2.05, 4.69) is 15.0 Å². The molecule has 1 amide bonds. The molecule has 1 N–H and O–H groups in total. The van der Waals surface area contributed by atoms with Gasteiger partial charge in [-0.1, -0.05) is 6.07 Å². The van der Waals surface area contributed by atoms with Crippen LogP contribution in [0.3, 0.4) is 0 Å². The van der Waals surface area contributed by atoms with E-state index in [1.807, 2.05) is 24.3 Å². The van der Waals surface area contributed by atoms with Gasteiger partial charge < -0.3 is 10.1 Å². The van der Waals surface area contributed by atoms with Gasteiger partial charge >= 0.3 is 5.97 Å². The minimum atomic E-state index is -0.394. The highest BCUT2D eigenvalue weighted by Gasteiger charge is 2.08. The number of fused-ring (bicyclic) bond motifs is 1. The Bertz CT molecular complexity index is 605. The van der Waals surface area contributed by atoms with Crippen molar-refractivity contribution in [3.63, 3.8) is 0 Å². The number of carbonyl (C=O) groups excluding carboxylic acids is 2. The number of hydrogen-bond donors (Lipinski definition) is 1. The van der Waals surface area contributed by atoms with Crippen molar-refractivity contribution < 1.29 is 14.3 Å². The predicted molar refractivity (Wildman–Crippen MR) is 71.6 cm³/mol. The van der Waals surface area contributed by atoms with Gasteiger partial charge in [0.25, 0.3) is 0 Å². The predicted octanol–water partition coefficient (Wildman–Crippen LogP) is 2.13. The van der Waals surface area contributed by atoms with E-state index in [-0.39, 0.29) is 18.7 Å². The van der Waals surface area contributed by atoms with Crippen LogP contribution in [-0.2, 0) is 14.3 Å². The number of anilines is 1. The molecule has 2 aromatic rings. The number of rotatable bonds is 4. The number of pyridine rings is 1. The molecule has 2 rings (SSSR count). The first-order chi connectivity index (χ1) is 9.20. The van der Waals surface area contributed by atoms with E-state index in [1.165, 1.54) is 7.11 Å². The molecule has 0 unspecified atom stereocenters. The molecule has 0 fully saturated rings. The van der Waals surface area contributed by atoms with Gasteiger partial charge in [0.2, 0.25) is 5.91 Å². The third-order valence-corrected chi connectivity index (χ3v) is 2.70. The van der Waals surface area contributed by atoms with Crippen molar-refractivity contribution in [2.24, 2.45) is 0 Å². The molecule has 98 valence electrons. The molecule has 5 heteroatoms. The number of aromatic nitrogens is 1. The summed E-state index contributed by atoms with van der Waals surface area (Å²) in [5.41, 5.74) is 1.51. The molecule has 0 atom stereocenters. The van der Waals surface area contributed by atoms with Crippen molar-refractivity contribution in [2.45, 2.75) is 12.8 Å². The Kier molecular flexibility index (Phi) is 4.07. The number of methoxy groups -OCH3 is 1. The van der Waals surface area contributed by atoms with E-state index in [0.29, 0.717) is 5.69 Å². The molecule has 0 saturated heterocycles. The number of amides is 1. The maximum atomic E-state index is 11.7. The second kappa shape index (κ2) is 5.95. The zero-order valence-electron chi connectivity index (χ0n) is 10.6. The van der Waals surface area contributed by atoms with Gasteiger partial charge in [-0.05, 0) is 24.3 Å². The largest absolute Gasteiger partial charge is 0.469 e. The van der Waals surface area contributed by atoms with Crippen LogP contribution in [0.15, 0.2) is 36.5 Å². The highest BCUT2D eigenvalue weighted by atomic mass is 16.5. The molecule has 0 spiro atoms. The summed E-state index contributed by atoms with van der Waals surface area (Å²) in [6, 6.07) is 9.20. The number of nitrogens with one attached hydrogen (secondary N) is 1. The van der Waals surface area contributed by atoms with Crippen LogP contribution in [0.25, 0.3) is 10.9 Å². The van der Waals surface area contributed by atoms with Gasteiger partial charge in [0, 0.05) is 18.0 Å². The summed E-state index contributed by atoms with van der Waals surface area (Å²) in [5.74, 6) is -0.614. The molecule has 0 aliphatic heterocycles. The van der Waals surface area contributed by atoms with E-state index < -0.39 is 5.97 Å². The number of nitrogens with zero attached hydrogens (tertiary/aromatic N) is 1. The van der Waals surface area contributed by atoms with Crippen LogP contribution >= 0.6 is 0 Å². The van der Waals surface area contributed by atoms with Gasteiger partial charge in [0.05, 0.1) is 24.7 Å². The summed E-state index contributed by atoms with van der Waals surface area (Å²) in [7, 11) is 1.30. The fourth-order valence-corrected chi connectivity index (χ4v) is 1.74. The van der Waals surface area contributed by atoms with Gasteiger partial charge in [-0.15, -0.1) is 0 Å². The molecular formula is C14H14N2O3. The summed E-state index contributed by atoms with van der Waals surface area (Å²) < 4.78 is 4.49. The third-order valence-electron chi connectivity index (χ3n) is 2.70. The van der Waals surface area contributed by atoms with Crippen molar-refractivity contribution in [1.82, 2.24) is 4.98 Å². The van der Waals surface area contributed by atoms with Crippen molar-refractivity contribution >= 4 is 28.5 Å². The van der Waals surface area contributed by atoms with E-state index in [9.17, 15) is 9.59 Å². The van der Waals surface area contributed by atoms with Gasteiger partial charge in [0.1, 0.15) is 0 Å². The number of carbonyl (C=O) groups is 2. The Morgan fingerprint density at radius 3 is 2.84 bits per heavy atom. The smallest absolute Gasteiger partial charge is 0.306 e. The van der Waals surface area contributed by atoms with Crippen LogP contribution in [-0.4, -0.2) is 24.0 Å². The van der Waals surface area contributed by atoms with Gasteiger partial charge in [-0.25, -0.2) is 0 Å². The maximum Gasteiger partial charge on any atom is 0.306 e. The quantitative estimate of drug-likeness (QED) is 0.853. The lowest BCUT2D eigenvalue weighted by Gasteiger charge is -2.07. The van der Waals surface area contributed by atoms with Crippen molar-refractivity contribution in [3.05, 3.63) is 36.5 Å². The van der Waals surface area contributed by atoms with Crippen LogP contribution in [0, 0.1) is 0 Å². The molecule has 0 bridgehead atoms. The zero-order chi connectivity index (χ0) is 13.7. The molecule has 5 nitrogen and oxygen atoms in total. The topological polar surface area (TPSA) is 68.3 Å². The van der Waals surface area contributed by atoms with Crippen molar-refractivity contribution in [2.75, 3.05) is 12.4 Å². The summed E-state index contributed by atoms with van der Waals surface area (Å²) in [4.78, 5) is 26.9.